The van der Waals surface area contributed by atoms with E-state index in [2.05, 4.69) is 19.2 Å². The molecule has 2 amide bonds. The zero-order valence-electron chi connectivity index (χ0n) is 22.6. The van der Waals surface area contributed by atoms with Crippen LogP contribution in [0.15, 0.2) is 47.4 Å². The average Bonchev–Trinajstić information content (AvgIpc) is 3.36. The molecule has 2 heterocycles. The van der Waals surface area contributed by atoms with Crippen LogP contribution in [0.4, 0.5) is 0 Å². The van der Waals surface area contributed by atoms with Gasteiger partial charge >= 0.3 is 0 Å². The Morgan fingerprint density at radius 1 is 1.08 bits per heavy atom. The Labute approximate surface area is 219 Å². The Hall–Kier alpha value is -2.93. The van der Waals surface area contributed by atoms with Crippen LogP contribution in [-0.2, 0) is 11.3 Å². The van der Waals surface area contributed by atoms with E-state index in [0.29, 0.717) is 36.6 Å². The molecule has 2 atom stereocenters. The molecule has 1 spiro atoms. The molecule has 1 aromatic carbocycles. The highest BCUT2D eigenvalue weighted by Crippen LogP contribution is 2.51. The monoisotopic (exact) mass is 507 g/mol. The maximum atomic E-state index is 13.3. The third kappa shape index (κ3) is 5.37. The average molecular weight is 508 g/mol. The van der Waals surface area contributed by atoms with E-state index in [1.54, 1.807) is 13.2 Å². The summed E-state index contributed by atoms with van der Waals surface area (Å²) in [6.45, 7) is 7.35. The third-order valence-electron chi connectivity index (χ3n) is 8.51. The molecule has 7 heteroatoms. The summed E-state index contributed by atoms with van der Waals surface area (Å²) >= 11 is 0. The minimum atomic E-state index is -1.14. The fourth-order valence-electron chi connectivity index (χ4n) is 6.56. The summed E-state index contributed by atoms with van der Waals surface area (Å²) in [5.74, 6) is 0.275. The molecular formula is C30H41N3O4. The SMILES string of the molecule is CNC(=O)c1cn(CC2(O)CCN(C(=O)C(C)CC(C)C)CC23CCCC3)c(=O)cc1-c1ccccc1. The van der Waals surface area contributed by atoms with Crippen LogP contribution in [0.2, 0.25) is 0 Å². The van der Waals surface area contributed by atoms with E-state index in [-0.39, 0.29) is 29.8 Å². The molecule has 2 N–H and O–H groups in total. The van der Waals surface area contributed by atoms with Crippen LogP contribution in [-0.4, -0.2) is 52.1 Å². The van der Waals surface area contributed by atoms with Gasteiger partial charge in [0.25, 0.3) is 11.5 Å². The Bertz CT molecular complexity index is 1180. The molecule has 0 radical (unpaired) electrons. The van der Waals surface area contributed by atoms with Crippen molar-refractivity contribution in [3.8, 4) is 11.1 Å². The van der Waals surface area contributed by atoms with Crippen molar-refractivity contribution < 1.29 is 14.7 Å². The molecule has 2 aliphatic rings. The summed E-state index contributed by atoms with van der Waals surface area (Å²) in [5.41, 5.74) is -0.0883. The first-order valence-electron chi connectivity index (χ1n) is 13.6. The van der Waals surface area contributed by atoms with E-state index in [0.717, 1.165) is 37.7 Å². The Morgan fingerprint density at radius 3 is 2.38 bits per heavy atom. The summed E-state index contributed by atoms with van der Waals surface area (Å²) in [5, 5.41) is 14.8. The highest BCUT2D eigenvalue weighted by atomic mass is 16.3. The Balaban J connectivity index is 1.66. The van der Waals surface area contributed by atoms with Crippen molar-refractivity contribution in [2.45, 2.75) is 71.4 Å². The molecule has 0 bridgehead atoms. The largest absolute Gasteiger partial charge is 0.387 e. The molecule has 1 aromatic heterocycles. The molecule has 4 rings (SSSR count). The van der Waals surface area contributed by atoms with Gasteiger partial charge in [0.05, 0.1) is 17.7 Å². The van der Waals surface area contributed by atoms with Gasteiger partial charge in [0, 0.05) is 49.3 Å². The van der Waals surface area contributed by atoms with Gasteiger partial charge in [-0.15, -0.1) is 0 Å². The van der Waals surface area contributed by atoms with E-state index in [4.69, 9.17) is 0 Å². The number of aromatic nitrogens is 1. The van der Waals surface area contributed by atoms with E-state index in [9.17, 15) is 19.5 Å². The fraction of sp³-hybridized carbons (Fsp3) is 0.567. The van der Waals surface area contributed by atoms with Gasteiger partial charge < -0.3 is 19.9 Å². The van der Waals surface area contributed by atoms with Crippen LogP contribution in [0.5, 0.6) is 0 Å². The third-order valence-corrected chi connectivity index (χ3v) is 8.51. The van der Waals surface area contributed by atoms with Crippen molar-refractivity contribution >= 4 is 11.8 Å². The summed E-state index contributed by atoms with van der Waals surface area (Å²) in [6.07, 6.45) is 6.49. The Kier molecular flexibility index (Phi) is 7.93. The second-order valence-corrected chi connectivity index (χ2v) is 11.6. The molecule has 2 unspecified atom stereocenters. The van der Waals surface area contributed by atoms with Crippen LogP contribution >= 0.6 is 0 Å². The smallest absolute Gasteiger partial charge is 0.253 e. The zero-order valence-corrected chi connectivity index (χ0v) is 22.6. The summed E-state index contributed by atoms with van der Waals surface area (Å²) in [4.78, 5) is 41.3. The number of nitrogens with one attached hydrogen (secondary N) is 1. The number of likely N-dealkylation sites (tertiary alicyclic amines) is 1. The summed E-state index contributed by atoms with van der Waals surface area (Å²) in [6, 6.07) is 10.9. The van der Waals surface area contributed by atoms with E-state index >= 15 is 0 Å². The normalized spacial score (nSPS) is 21.8. The van der Waals surface area contributed by atoms with Gasteiger partial charge in [-0.3, -0.25) is 14.4 Å². The quantitative estimate of drug-likeness (QED) is 0.591. The van der Waals surface area contributed by atoms with Crippen molar-refractivity contribution in [1.82, 2.24) is 14.8 Å². The number of rotatable bonds is 7. The lowest BCUT2D eigenvalue weighted by molar-refractivity contribution is -0.163. The van der Waals surface area contributed by atoms with Crippen LogP contribution in [0, 0.1) is 17.3 Å². The molecule has 200 valence electrons. The molecule has 2 aromatic rings. The number of hydrogen-bond donors (Lipinski definition) is 2. The van der Waals surface area contributed by atoms with E-state index in [1.807, 2.05) is 42.2 Å². The molecule has 2 fully saturated rings. The maximum Gasteiger partial charge on any atom is 0.253 e. The number of hydrogen-bond acceptors (Lipinski definition) is 4. The molecule has 37 heavy (non-hydrogen) atoms. The van der Waals surface area contributed by atoms with Crippen LogP contribution < -0.4 is 10.9 Å². The number of aliphatic hydroxyl groups is 1. The number of carbonyl (C=O) groups is 2. The molecule has 1 saturated carbocycles. The lowest BCUT2D eigenvalue weighted by atomic mass is 9.65. The first-order valence-corrected chi connectivity index (χ1v) is 13.6. The predicted octanol–water partition coefficient (Wildman–Crippen LogP) is 4.08. The number of nitrogens with zero attached hydrogens (tertiary/aromatic N) is 2. The lowest BCUT2D eigenvalue weighted by Gasteiger charge is -2.52. The fourth-order valence-corrected chi connectivity index (χ4v) is 6.56. The highest BCUT2D eigenvalue weighted by Gasteiger charge is 2.55. The summed E-state index contributed by atoms with van der Waals surface area (Å²) in [7, 11) is 1.57. The van der Waals surface area contributed by atoms with E-state index < -0.39 is 11.0 Å². The maximum absolute atomic E-state index is 13.3. The number of benzene rings is 1. The second kappa shape index (κ2) is 10.8. The van der Waals surface area contributed by atoms with Gasteiger partial charge in [-0.1, -0.05) is 63.9 Å². The van der Waals surface area contributed by atoms with Gasteiger partial charge in [0.1, 0.15) is 0 Å². The minimum absolute atomic E-state index is 0.0482. The molecular weight excluding hydrogens is 466 g/mol. The molecule has 1 saturated heterocycles. The zero-order chi connectivity index (χ0) is 26.8. The van der Waals surface area contributed by atoms with Crippen molar-refractivity contribution in [2.24, 2.45) is 17.3 Å². The first-order chi connectivity index (χ1) is 17.6. The highest BCUT2D eigenvalue weighted by molar-refractivity contribution is 6.00. The number of piperidine rings is 1. The second-order valence-electron chi connectivity index (χ2n) is 11.6. The van der Waals surface area contributed by atoms with Crippen LogP contribution in [0.3, 0.4) is 0 Å². The lowest BCUT2D eigenvalue weighted by Crippen LogP contribution is -2.62. The van der Waals surface area contributed by atoms with Crippen LogP contribution in [0.1, 0.15) is 69.7 Å². The molecule has 1 aliphatic carbocycles. The number of pyridine rings is 1. The molecule has 1 aliphatic heterocycles. The predicted molar refractivity (Wildman–Crippen MR) is 145 cm³/mol. The van der Waals surface area contributed by atoms with Crippen LogP contribution in [0.25, 0.3) is 11.1 Å². The number of amides is 2. The van der Waals surface area contributed by atoms with Crippen molar-refractivity contribution in [3.05, 3.63) is 58.5 Å². The number of carbonyl (C=O) groups excluding carboxylic acids is 2. The van der Waals surface area contributed by atoms with Gasteiger partial charge in [-0.05, 0) is 37.2 Å². The van der Waals surface area contributed by atoms with Crippen molar-refractivity contribution in [1.29, 1.82) is 0 Å². The van der Waals surface area contributed by atoms with Gasteiger partial charge in [-0.25, -0.2) is 0 Å². The van der Waals surface area contributed by atoms with Gasteiger partial charge in [-0.2, -0.15) is 0 Å². The summed E-state index contributed by atoms with van der Waals surface area (Å²) < 4.78 is 1.50. The first kappa shape index (κ1) is 27.1. The van der Waals surface area contributed by atoms with Crippen molar-refractivity contribution in [2.75, 3.05) is 20.1 Å². The standard InChI is InChI=1S/C30H41N3O4/c1-21(2)16-22(3)28(36)32-15-14-30(37,29(19-32)12-8-9-13-29)20-33-18-25(27(35)31-4)24(17-26(33)34)23-10-6-5-7-11-23/h5-7,10-11,17-18,21-22,37H,8-9,12-16,19-20H2,1-4H3,(H,31,35). The van der Waals surface area contributed by atoms with Gasteiger partial charge in [0.15, 0.2) is 0 Å². The molecule has 7 nitrogen and oxygen atoms in total. The minimum Gasteiger partial charge on any atom is -0.387 e. The van der Waals surface area contributed by atoms with Crippen molar-refractivity contribution in [3.63, 3.8) is 0 Å². The van der Waals surface area contributed by atoms with Gasteiger partial charge in [0.2, 0.25) is 5.91 Å². The van der Waals surface area contributed by atoms with E-state index in [1.165, 1.54) is 10.6 Å². The topological polar surface area (TPSA) is 91.6 Å². The Morgan fingerprint density at radius 2 is 1.76 bits per heavy atom.